The minimum atomic E-state index is -0.334. The Kier molecular flexibility index (Phi) is 3.78. The summed E-state index contributed by atoms with van der Waals surface area (Å²) in [7, 11) is 0. The first-order chi connectivity index (χ1) is 8.18. The van der Waals surface area contributed by atoms with E-state index in [9.17, 15) is 9.59 Å². The Labute approximate surface area is 105 Å². The van der Waals surface area contributed by atoms with Gasteiger partial charge in [-0.15, -0.1) is 11.3 Å². The zero-order valence-corrected chi connectivity index (χ0v) is 10.6. The van der Waals surface area contributed by atoms with E-state index in [0.29, 0.717) is 19.5 Å². The van der Waals surface area contributed by atoms with Crippen molar-refractivity contribution >= 4 is 23.2 Å². The molecule has 1 aliphatic rings. The summed E-state index contributed by atoms with van der Waals surface area (Å²) in [4.78, 5) is 26.3. The number of aryl methyl sites for hydroxylation is 1. The fourth-order valence-electron chi connectivity index (χ4n) is 1.95. The summed E-state index contributed by atoms with van der Waals surface area (Å²) >= 11 is 1.66. The largest absolute Gasteiger partial charge is 0.353 e. The Bertz CT molecular complexity index is 403. The number of nitrogens with one attached hydrogen (secondary N) is 1. The number of carbonyl (C=O) groups excluding carboxylic acids is 2. The van der Waals surface area contributed by atoms with E-state index >= 15 is 0 Å². The van der Waals surface area contributed by atoms with Crippen LogP contribution in [0, 0.1) is 0 Å². The Balaban J connectivity index is 1.88. The lowest BCUT2D eigenvalue weighted by atomic mass is 10.1. The maximum Gasteiger partial charge on any atom is 0.242 e. The van der Waals surface area contributed by atoms with E-state index in [1.165, 1.54) is 4.88 Å². The normalized spacial score (nSPS) is 20.2. The van der Waals surface area contributed by atoms with Gasteiger partial charge in [-0.2, -0.15) is 0 Å². The molecule has 1 aliphatic heterocycles. The lowest BCUT2D eigenvalue weighted by molar-refractivity contribution is -0.142. The van der Waals surface area contributed by atoms with E-state index in [-0.39, 0.29) is 17.9 Å². The van der Waals surface area contributed by atoms with Crippen LogP contribution in [0.4, 0.5) is 0 Å². The zero-order valence-electron chi connectivity index (χ0n) is 9.81. The summed E-state index contributed by atoms with van der Waals surface area (Å²) in [5, 5.41) is 4.77. The van der Waals surface area contributed by atoms with Crippen molar-refractivity contribution in [1.82, 2.24) is 10.2 Å². The average Bonchev–Trinajstić information content (AvgIpc) is 2.82. The topological polar surface area (TPSA) is 49.4 Å². The second kappa shape index (κ2) is 5.31. The zero-order chi connectivity index (χ0) is 12.3. The average molecular weight is 252 g/mol. The van der Waals surface area contributed by atoms with E-state index in [0.717, 1.165) is 6.42 Å². The van der Waals surface area contributed by atoms with Crippen molar-refractivity contribution in [3.05, 3.63) is 22.4 Å². The van der Waals surface area contributed by atoms with Gasteiger partial charge in [0.25, 0.3) is 0 Å². The van der Waals surface area contributed by atoms with Crippen LogP contribution in [-0.4, -0.2) is 35.8 Å². The Morgan fingerprint density at radius 3 is 3.18 bits per heavy atom. The first-order valence-corrected chi connectivity index (χ1v) is 6.66. The molecular formula is C12H16N2O2S. The van der Waals surface area contributed by atoms with E-state index < -0.39 is 0 Å². The molecule has 1 saturated heterocycles. The quantitative estimate of drug-likeness (QED) is 0.873. The number of hydrogen-bond donors (Lipinski definition) is 1. The number of piperazine rings is 1. The van der Waals surface area contributed by atoms with Crippen molar-refractivity contribution in [3.63, 3.8) is 0 Å². The Hall–Kier alpha value is -1.36. The molecule has 1 aromatic heterocycles. The van der Waals surface area contributed by atoms with Gasteiger partial charge in [0, 0.05) is 24.4 Å². The van der Waals surface area contributed by atoms with Crippen molar-refractivity contribution < 1.29 is 9.59 Å². The van der Waals surface area contributed by atoms with E-state index in [1.54, 1.807) is 23.2 Å². The van der Waals surface area contributed by atoms with Gasteiger partial charge in [0.05, 0.1) is 0 Å². The molecule has 0 aliphatic carbocycles. The van der Waals surface area contributed by atoms with Gasteiger partial charge in [0.1, 0.15) is 6.04 Å². The van der Waals surface area contributed by atoms with Gasteiger partial charge >= 0.3 is 0 Å². The Morgan fingerprint density at radius 1 is 1.65 bits per heavy atom. The highest BCUT2D eigenvalue weighted by atomic mass is 32.1. The SMILES string of the molecule is CC1C(=O)NCCN1C(=O)CCc1cccs1. The minimum Gasteiger partial charge on any atom is -0.353 e. The second-order valence-electron chi connectivity index (χ2n) is 4.13. The lowest BCUT2D eigenvalue weighted by Gasteiger charge is -2.32. The summed E-state index contributed by atoms with van der Waals surface area (Å²) in [5.74, 6) is 0.0153. The highest BCUT2D eigenvalue weighted by molar-refractivity contribution is 7.09. The van der Waals surface area contributed by atoms with Crippen LogP contribution in [0.3, 0.4) is 0 Å². The molecule has 0 spiro atoms. The number of carbonyl (C=O) groups is 2. The number of amides is 2. The van der Waals surface area contributed by atoms with Crippen LogP contribution in [0.5, 0.6) is 0 Å². The third kappa shape index (κ3) is 2.85. The van der Waals surface area contributed by atoms with Gasteiger partial charge in [-0.1, -0.05) is 6.07 Å². The molecule has 2 heterocycles. The fraction of sp³-hybridized carbons (Fsp3) is 0.500. The van der Waals surface area contributed by atoms with Gasteiger partial charge in [-0.25, -0.2) is 0 Å². The van der Waals surface area contributed by atoms with Gasteiger partial charge in [-0.3, -0.25) is 9.59 Å². The number of rotatable bonds is 3. The molecule has 4 nitrogen and oxygen atoms in total. The number of nitrogens with zero attached hydrogens (tertiary/aromatic N) is 1. The molecule has 1 atom stereocenters. The minimum absolute atomic E-state index is 0.0549. The lowest BCUT2D eigenvalue weighted by Crippen LogP contribution is -2.55. The first-order valence-electron chi connectivity index (χ1n) is 5.78. The molecule has 2 amide bonds. The first kappa shape index (κ1) is 12.1. The molecule has 0 saturated carbocycles. The van der Waals surface area contributed by atoms with Crippen LogP contribution >= 0.6 is 11.3 Å². The summed E-state index contributed by atoms with van der Waals surface area (Å²) in [5.41, 5.74) is 0. The molecule has 0 bridgehead atoms. The Morgan fingerprint density at radius 2 is 2.47 bits per heavy atom. The van der Waals surface area contributed by atoms with Crippen LogP contribution in [0.2, 0.25) is 0 Å². The highest BCUT2D eigenvalue weighted by Gasteiger charge is 2.28. The predicted molar refractivity (Wildman–Crippen MR) is 66.8 cm³/mol. The third-order valence-electron chi connectivity index (χ3n) is 2.98. The van der Waals surface area contributed by atoms with Crippen molar-refractivity contribution in [2.45, 2.75) is 25.8 Å². The summed E-state index contributed by atoms with van der Waals surface area (Å²) in [6.07, 6.45) is 1.25. The fourth-order valence-corrected chi connectivity index (χ4v) is 2.66. The molecule has 1 aromatic rings. The van der Waals surface area contributed by atoms with Crippen molar-refractivity contribution in [2.75, 3.05) is 13.1 Å². The van der Waals surface area contributed by atoms with Crippen LogP contribution in [0.15, 0.2) is 17.5 Å². The van der Waals surface area contributed by atoms with Crippen molar-refractivity contribution in [2.24, 2.45) is 0 Å². The summed E-state index contributed by atoms with van der Waals surface area (Å²) in [6, 6.07) is 3.69. The maximum atomic E-state index is 12.0. The monoisotopic (exact) mass is 252 g/mol. The predicted octanol–water partition coefficient (Wildman–Crippen LogP) is 1.03. The molecule has 92 valence electrons. The van der Waals surface area contributed by atoms with Gasteiger partial charge in [-0.05, 0) is 24.8 Å². The molecule has 1 N–H and O–H groups in total. The molecule has 1 fully saturated rings. The second-order valence-corrected chi connectivity index (χ2v) is 5.17. The third-order valence-corrected chi connectivity index (χ3v) is 3.92. The molecular weight excluding hydrogens is 236 g/mol. The van der Waals surface area contributed by atoms with Crippen LogP contribution in [0.1, 0.15) is 18.2 Å². The van der Waals surface area contributed by atoms with Crippen molar-refractivity contribution in [1.29, 1.82) is 0 Å². The molecule has 5 heteroatoms. The summed E-state index contributed by atoms with van der Waals surface area (Å²) < 4.78 is 0. The maximum absolute atomic E-state index is 12.0. The van der Waals surface area contributed by atoms with Crippen molar-refractivity contribution in [3.8, 4) is 0 Å². The van der Waals surface area contributed by atoms with E-state index in [2.05, 4.69) is 5.32 Å². The molecule has 17 heavy (non-hydrogen) atoms. The van der Waals surface area contributed by atoms with Gasteiger partial charge in [0.2, 0.25) is 11.8 Å². The van der Waals surface area contributed by atoms with Gasteiger partial charge in [0.15, 0.2) is 0 Å². The molecule has 1 unspecified atom stereocenters. The van der Waals surface area contributed by atoms with E-state index in [4.69, 9.17) is 0 Å². The number of hydrogen-bond acceptors (Lipinski definition) is 3. The van der Waals surface area contributed by atoms with Crippen LogP contribution in [-0.2, 0) is 16.0 Å². The summed E-state index contributed by atoms with van der Waals surface area (Å²) in [6.45, 7) is 2.96. The van der Waals surface area contributed by atoms with E-state index in [1.807, 2.05) is 17.5 Å². The molecule has 2 rings (SSSR count). The standard InChI is InChI=1S/C12H16N2O2S/c1-9-12(16)13-6-7-14(9)11(15)5-4-10-3-2-8-17-10/h2-3,8-9H,4-7H2,1H3,(H,13,16). The van der Waals surface area contributed by atoms with Crippen LogP contribution in [0.25, 0.3) is 0 Å². The highest BCUT2D eigenvalue weighted by Crippen LogP contribution is 2.13. The number of thiophene rings is 1. The van der Waals surface area contributed by atoms with Crippen LogP contribution < -0.4 is 5.32 Å². The molecule has 0 radical (unpaired) electrons. The van der Waals surface area contributed by atoms with Gasteiger partial charge < -0.3 is 10.2 Å². The molecule has 0 aromatic carbocycles. The smallest absolute Gasteiger partial charge is 0.242 e.